The van der Waals surface area contributed by atoms with Crippen LogP contribution in [0.4, 0.5) is 0 Å². The molecule has 0 saturated carbocycles. The minimum atomic E-state index is -0.0912. The first-order chi connectivity index (χ1) is 6.36. The third kappa shape index (κ3) is 2.26. The van der Waals surface area contributed by atoms with Gasteiger partial charge in [0.2, 0.25) is 0 Å². The molecule has 1 aromatic carbocycles. The van der Waals surface area contributed by atoms with Crippen LogP contribution >= 0.6 is 11.8 Å². The molecule has 0 aliphatic carbocycles. The Labute approximate surface area is 83.2 Å². The summed E-state index contributed by atoms with van der Waals surface area (Å²) in [4.78, 5) is 0. The smallest absolute Gasteiger partial charge is 0.0562 e. The normalized spacial score (nSPS) is 28.7. The number of rotatable bonds is 1. The number of hydrogen-bond donors (Lipinski definition) is 1. The van der Waals surface area contributed by atoms with E-state index in [9.17, 15) is 5.11 Å². The van der Waals surface area contributed by atoms with Gasteiger partial charge in [-0.1, -0.05) is 30.3 Å². The van der Waals surface area contributed by atoms with Crippen molar-refractivity contribution in [3.05, 3.63) is 35.9 Å². The van der Waals surface area contributed by atoms with Crippen LogP contribution in [0.2, 0.25) is 0 Å². The molecule has 0 aromatic heterocycles. The molecule has 0 spiro atoms. The molecule has 0 bridgehead atoms. The predicted octanol–water partition coefficient (Wildman–Crippen LogP) is 2.62. The highest BCUT2D eigenvalue weighted by Gasteiger charge is 2.21. The lowest BCUT2D eigenvalue weighted by molar-refractivity contribution is 0.157. The van der Waals surface area contributed by atoms with Crippen LogP contribution in [0.3, 0.4) is 0 Å². The van der Waals surface area contributed by atoms with Gasteiger partial charge in [-0.3, -0.25) is 0 Å². The van der Waals surface area contributed by atoms with Crippen LogP contribution in [0.25, 0.3) is 0 Å². The third-order valence-corrected chi connectivity index (χ3v) is 3.77. The van der Waals surface area contributed by atoms with E-state index in [4.69, 9.17) is 0 Å². The molecule has 1 nitrogen and oxygen atoms in total. The molecule has 70 valence electrons. The van der Waals surface area contributed by atoms with Crippen LogP contribution in [-0.2, 0) is 0 Å². The monoisotopic (exact) mass is 194 g/mol. The first-order valence-corrected chi connectivity index (χ1v) is 5.76. The van der Waals surface area contributed by atoms with E-state index in [1.807, 2.05) is 17.8 Å². The van der Waals surface area contributed by atoms with Crippen molar-refractivity contribution in [2.45, 2.75) is 24.2 Å². The minimum absolute atomic E-state index is 0.0912. The van der Waals surface area contributed by atoms with E-state index in [2.05, 4.69) is 24.3 Å². The summed E-state index contributed by atoms with van der Waals surface area (Å²) in [6.07, 6.45) is 1.77. The lowest BCUT2D eigenvalue weighted by atomic mass is 10.0. The number of aliphatic hydroxyl groups excluding tert-OH is 1. The van der Waals surface area contributed by atoms with Gasteiger partial charge in [0, 0.05) is 5.25 Å². The second-order valence-corrected chi connectivity index (χ2v) is 4.76. The highest BCUT2D eigenvalue weighted by molar-refractivity contribution is 7.99. The van der Waals surface area contributed by atoms with Gasteiger partial charge in [0.25, 0.3) is 0 Å². The highest BCUT2D eigenvalue weighted by Crippen LogP contribution is 2.37. The van der Waals surface area contributed by atoms with Crippen molar-refractivity contribution >= 4 is 11.8 Å². The maximum atomic E-state index is 9.53. The van der Waals surface area contributed by atoms with Crippen LogP contribution in [0, 0.1) is 0 Å². The Bertz CT molecular complexity index is 260. The van der Waals surface area contributed by atoms with Crippen molar-refractivity contribution < 1.29 is 5.11 Å². The van der Waals surface area contributed by atoms with Gasteiger partial charge in [-0.15, -0.1) is 0 Å². The average molecular weight is 194 g/mol. The summed E-state index contributed by atoms with van der Waals surface area (Å²) in [6, 6.07) is 10.5. The number of aliphatic hydroxyl groups is 1. The van der Waals surface area contributed by atoms with Crippen LogP contribution in [0.5, 0.6) is 0 Å². The summed E-state index contributed by atoms with van der Waals surface area (Å²) in [5.74, 6) is 1.08. The summed E-state index contributed by atoms with van der Waals surface area (Å²) < 4.78 is 0. The van der Waals surface area contributed by atoms with Gasteiger partial charge in [0.05, 0.1) is 6.10 Å². The van der Waals surface area contributed by atoms with Gasteiger partial charge in [-0.2, -0.15) is 11.8 Å². The maximum Gasteiger partial charge on any atom is 0.0562 e. The topological polar surface area (TPSA) is 20.2 Å². The van der Waals surface area contributed by atoms with Crippen LogP contribution in [0.1, 0.15) is 23.7 Å². The molecule has 13 heavy (non-hydrogen) atoms. The van der Waals surface area contributed by atoms with Crippen molar-refractivity contribution in [2.75, 3.05) is 5.75 Å². The lowest BCUT2D eigenvalue weighted by Crippen LogP contribution is -2.17. The quantitative estimate of drug-likeness (QED) is 0.741. The first kappa shape index (κ1) is 9.10. The van der Waals surface area contributed by atoms with Crippen LogP contribution < -0.4 is 0 Å². The third-order valence-electron chi connectivity index (χ3n) is 2.43. The molecule has 0 amide bonds. The standard InChI is InChI=1S/C11H14OS/c12-10-6-7-13-11(8-10)9-4-2-1-3-5-9/h1-5,10-12H,6-8H2/t10-,11-/m0/s1. The van der Waals surface area contributed by atoms with Gasteiger partial charge < -0.3 is 5.11 Å². The maximum absolute atomic E-state index is 9.53. The summed E-state index contributed by atoms with van der Waals surface area (Å²) in [5.41, 5.74) is 1.35. The zero-order chi connectivity index (χ0) is 9.10. The zero-order valence-corrected chi connectivity index (χ0v) is 8.33. The fraction of sp³-hybridized carbons (Fsp3) is 0.455. The molecule has 1 aliphatic rings. The van der Waals surface area contributed by atoms with Gasteiger partial charge in [0.1, 0.15) is 0 Å². The number of thioether (sulfide) groups is 1. The van der Waals surface area contributed by atoms with Gasteiger partial charge in [-0.05, 0) is 24.2 Å². The summed E-state index contributed by atoms with van der Waals surface area (Å²) in [7, 11) is 0. The van der Waals surface area contributed by atoms with E-state index in [0.717, 1.165) is 18.6 Å². The molecule has 2 atom stereocenters. The largest absolute Gasteiger partial charge is 0.393 e. The van der Waals surface area contributed by atoms with Crippen molar-refractivity contribution in [3.8, 4) is 0 Å². The SMILES string of the molecule is O[C@H]1CCS[C@H](c2ccccc2)C1. The van der Waals surface area contributed by atoms with Crippen molar-refractivity contribution in [1.82, 2.24) is 0 Å². The fourth-order valence-corrected chi connectivity index (χ4v) is 3.08. The molecule has 0 radical (unpaired) electrons. The van der Waals surface area contributed by atoms with Gasteiger partial charge in [-0.25, -0.2) is 0 Å². The Morgan fingerprint density at radius 2 is 2.00 bits per heavy atom. The Balaban J connectivity index is 2.08. The van der Waals surface area contributed by atoms with E-state index in [0.29, 0.717) is 5.25 Å². The first-order valence-electron chi connectivity index (χ1n) is 4.71. The molecular weight excluding hydrogens is 180 g/mol. The molecule has 1 fully saturated rings. The Morgan fingerprint density at radius 1 is 1.23 bits per heavy atom. The molecule has 0 unspecified atom stereocenters. The Hall–Kier alpha value is -0.470. The van der Waals surface area contributed by atoms with Crippen LogP contribution in [-0.4, -0.2) is 17.0 Å². The van der Waals surface area contributed by atoms with Crippen molar-refractivity contribution in [3.63, 3.8) is 0 Å². The molecule has 2 heteroatoms. The minimum Gasteiger partial charge on any atom is -0.393 e. The molecule has 1 N–H and O–H groups in total. The molecule has 1 aromatic rings. The van der Waals surface area contributed by atoms with Crippen molar-refractivity contribution in [2.24, 2.45) is 0 Å². The highest BCUT2D eigenvalue weighted by atomic mass is 32.2. The Kier molecular flexibility index (Phi) is 2.91. The van der Waals surface area contributed by atoms with E-state index in [1.54, 1.807) is 0 Å². The van der Waals surface area contributed by atoms with E-state index in [-0.39, 0.29) is 6.10 Å². The summed E-state index contributed by atoms with van der Waals surface area (Å²) in [6.45, 7) is 0. The second kappa shape index (κ2) is 4.16. The van der Waals surface area contributed by atoms with E-state index < -0.39 is 0 Å². The fourth-order valence-electron chi connectivity index (χ4n) is 1.68. The number of hydrogen-bond acceptors (Lipinski definition) is 2. The zero-order valence-electron chi connectivity index (χ0n) is 7.52. The second-order valence-electron chi connectivity index (χ2n) is 3.45. The van der Waals surface area contributed by atoms with Crippen LogP contribution in [0.15, 0.2) is 30.3 Å². The van der Waals surface area contributed by atoms with Crippen molar-refractivity contribution in [1.29, 1.82) is 0 Å². The molecule has 2 rings (SSSR count). The van der Waals surface area contributed by atoms with E-state index >= 15 is 0 Å². The average Bonchev–Trinajstić information content (AvgIpc) is 2.19. The molecule has 1 saturated heterocycles. The van der Waals surface area contributed by atoms with Gasteiger partial charge in [0.15, 0.2) is 0 Å². The Morgan fingerprint density at radius 3 is 2.69 bits per heavy atom. The molecule has 1 heterocycles. The predicted molar refractivity (Wildman–Crippen MR) is 56.9 cm³/mol. The van der Waals surface area contributed by atoms with Gasteiger partial charge >= 0.3 is 0 Å². The molecule has 1 aliphatic heterocycles. The summed E-state index contributed by atoms with van der Waals surface area (Å²) >= 11 is 1.96. The molecular formula is C11H14OS. The lowest BCUT2D eigenvalue weighted by Gasteiger charge is -2.25. The summed E-state index contributed by atoms with van der Waals surface area (Å²) in [5, 5.41) is 10.0. The number of benzene rings is 1. The van der Waals surface area contributed by atoms with E-state index in [1.165, 1.54) is 5.56 Å².